The summed E-state index contributed by atoms with van der Waals surface area (Å²) >= 11 is 0. The fraction of sp³-hybridized carbons (Fsp3) is 0.818. The molecule has 0 bridgehead atoms. The fourth-order valence-electron chi connectivity index (χ4n) is 2.08. The van der Waals surface area contributed by atoms with E-state index < -0.39 is 16.1 Å². The van der Waals surface area contributed by atoms with E-state index in [2.05, 4.69) is 10.3 Å². The Bertz CT molecular complexity index is 508. The molecule has 0 aromatic carbocycles. The molecule has 1 atom stereocenters. The molecule has 19 heavy (non-hydrogen) atoms. The summed E-state index contributed by atoms with van der Waals surface area (Å²) < 4.78 is 35.4. The molecule has 0 amide bonds. The number of rotatable bonds is 6. The van der Waals surface area contributed by atoms with E-state index in [0.29, 0.717) is 25.3 Å². The van der Waals surface area contributed by atoms with Gasteiger partial charge in [-0.3, -0.25) is 0 Å². The number of hydrogen-bond donors (Lipinski definition) is 0. The van der Waals surface area contributed by atoms with Gasteiger partial charge in [0.1, 0.15) is 5.69 Å². The molecule has 0 spiro atoms. The van der Waals surface area contributed by atoms with Gasteiger partial charge in [0.05, 0.1) is 23.7 Å². The van der Waals surface area contributed by atoms with E-state index in [1.807, 2.05) is 13.8 Å². The van der Waals surface area contributed by atoms with Gasteiger partial charge in [0, 0.05) is 13.2 Å². The Morgan fingerprint density at radius 1 is 1.42 bits per heavy atom. The summed E-state index contributed by atoms with van der Waals surface area (Å²) in [6.07, 6.45) is 1.75. The lowest BCUT2D eigenvalue weighted by Crippen LogP contribution is -2.12. The lowest BCUT2D eigenvalue weighted by molar-refractivity contribution is -0.142. The Kier molecular flexibility index (Phi) is 4.54. The maximum Gasteiger partial charge on any atom is 0.204 e. The molecule has 1 aliphatic rings. The molecule has 1 unspecified atom stereocenters. The first-order valence-electron chi connectivity index (χ1n) is 6.41. The molecular formula is C11H19N3O4S. The summed E-state index contributed by atoms with van der Waals surface area (Å²) in [7, 11) is -2.93. The lowest BCUT2D eigenvalue weighted by Gasteiger charge is -2.13. The van der Waals surface area contributed by atoms with E-state index in [1.165, 1.54) is 0 Å². The zero-order valence-corrected chi connectivity index (χ0v) is 12.0. The standard InChI is InChI=1S/C11H19N3O4S/c1-3-17-11(18-4-2)10-7-14(13-12-10)9-5-6-19(15,16)8-9/h7,9,11H,3-6,8H2,1-2H3. The molecule has 0 saturated carbocycles. The Labute approximate surface area is 112 Å². The summed E-state index contributed by atoms with van der Waals surface area (Å²) in [6.45, 7) is 4.77. The van der Waals surface area contributed by atoms with Crippen LogP contribution in [0.25, 0.3) is 0 Å². The first-order valence-corrected chi connectivity index (χ1v) is 8.23. The minimum absolute atomic E-state index is 0.129. The van der Waals surface area contributed by atoms with Crippen molar-refractivity contribution >= 4 is 9.84 Å². The second-order valence-corrected chi connectivity index (χ2v) is 6.65. The second kappa shape index (κ2) is 5.98. The van der Waals surface area contributed by atoms with Crippen molar-refractivity contribution in [1.82, 2.24) is 15.0 Å². The van der Waals surface area contributed by atoms with Gasteiger partial charge in [0.2, 0.25) is 6.29 Å². The van der Waals surface area contributed by atoms with Crippen LogP contribution < -0.4 is 0 Å². The summed E-state index contributed by atoms with van der Waals surface area (Å²) in [5.74, 6) is 0.344. The number of sulfone groups is 1. The Morgan fingerprint density at radius 3 is 2.63 bits per heavy atom. The minimum Gasteiger partial charge on any atom is -0.347 e. The van der Waals surface area contributed by atoms with Crippen LogP contribution in [0.15, 0.2) is 6.20 Å². The number of ether oxygens (including phenoxy) is 2. The quantitative estimate of drug-likeness (QED) is 0.717. The largest absolute Gasteiger partial charge is 0.347 e. The van der Waals surface area contributed by atoms with Crippen molar-refractivity contribution in [2.24, 2.45) is 0 Å². The average Bonchev–Trinajstić information content (AvgIpc) is 2.95. The first-order chi connectivity index (χ1) is 9.05. The highest BCUT2D eigenvalue weighted by Crippen LogP contribution is 2.24. The average molecular weight is 289 g/mol. The van der Waals surface area contributed by atoms with E-state index in [1.54, 1.807) is 10.9 Å². The molecule has 108 valence electrons. The zero-order valence-electron chi connectivity index (χ0n) is 11.2. The topological polar surface area (TPSA) is 83.3 Å². The Balaban J connectivity index is 2.09. The highest BCUT2D eigenvalue weighted by molar-refractivity contribution is 7.91. The van der Waals surface area contributed by atoms with Crippen LogP contribution in [-0.2, 0) is 19.3 Å². The molecule has 0 radical (unpaired) electrons. The van der Waals surface area contributed by atoms with Crippen LogP contribution in [0.2, 0.25) is 0 Å². The summed E-state index contributed by atoms with van der Waals surface area (Å²) in [5, 5.41) is 8.01. The predicted molar refractivity (Wildman–Crippen MR) is 68.3 cm³/mol. The van der Waals surface area contributed by atoms with Gasteiger partial charge in [-0.2, -0.15) is 0 Å². The van der Waals surface area contributed by atoms with Crippen molar-refractivity contribution in [3.05, 3.63) is 11.9 Å². The van der Waals surface area contributed by atoms with Gasteiger partial charge in [-0.15, -0.1) is 5.10 Å². The second-order valence-electron chi connectivity index (χ2n) is 4.42. The maximum atomic E-state index is 11.4. The smallest absolute Gasteiger partial charge is 0.204 e. The van der Waals surface area contributed by atoms with Crippen LogP contribution >= 0.6 is 0 Å². The minimum atomic E-state index is -2.93. The van der Waals surface area contributed by atoms with Gasteiger partial charge in [0.15, 0.2) is 9.84 Å². The lowest BCUT2D eigenvalue weighted by atomic mass is 10.3. The number of nitrogens with zero attached hydrogens (tertiary/aromatic N) is 3. The van der Waals surface area contributed by atoms with Gasteiger partial charge in [-0.1, -0.05) is 5.21 Å². The molecule has 2 rings (SSSR count). The van der Waals surface area contributed by atoms with Crippen molar-refractivity contribution in [2.75, 3.05) is 24.7 Å². The van der Waals surface area contributed by atoms with E-state index in [4.69, 9.17) is 9.47 Å². The summed E-state index contributed by atoms with van der Waals surface area (Å²) in [5.41, 5.74) is 0.577. The first kappa shape index (κ1) is 14.4. The predicted octanol–water partition coefficient (Wildman–Crippen LogP) is 0.709. The van der Waals surface area contributed by atoms with Gasteiger partial charge in [-0.25, -0.2) is 13.1 Å². The fourth-order valence-corrected chi connectivity index (χ4v) is 3.79. The number of aromatic nitrogens is 3. The van der Waals surface area contributed by atoms with Gasteiger partial charge < -0.3 is 9.47 Å². The monoisotopic (exact) mass is 289 g/mol. The van der Waals surface area contributed by atoms with Gasteiger partial charge in [0.25, 0.3) is 0 Å². The van der Waals surface area contributed by atoms with Gasteiger partial charge in [-0.05, 0) is 20.3 Å². The van der Waals surface area contributed by atoms with Crippen LogP contribution in [-0.4, -0.2) is 48.1 Å². The van der Waals surface area contributed by atoms with E-state index >= 15 is 0 Å². The number of hydrogen-bond acceptors (Lipinski definition) is 6. The zero-order chi connectivity index (χ0) is 13.9. The van der Waals surface area contributed by atoms with Crippen LogP contribution in [0.1, 0.15) is 38.3 Å². The summed E-state index contributed by atoms with van der Waals surface area (Å²) in [4.78, 5) is 0. The third-order valence-electron chi connectivity index (χ3n) is 2.99. The van der Waals surface area contributed by atoms with Crippen molar-refractivity contribution in [3.63, 3.8) is 0 Å². The molecule has 8 heteroatoms. The van der Waals surface area contributed by atoms with E-state index in [9.17, 15) is 8.42 Å². The molecule has 1 fully saturated rings. The molecule has 1 aromatic rings. The molecule has 2 heterocycles. The molecule has 7 nitrogen and oxygen atoms in total. The summed E-state index contributed by atoms with van der Waals surface area (Å²) in [6, 6.07) is -0.129. The van der Waals surface area contributed by atoms with Crippen LogP contribution in [0, 0.1) is 0 Å². The normalized spacial score (nSPS) is 22.2. The van der Waals surface area contributed by atoms with Crippen molar-refractivity contribution < 1.29 is 17.9 Å². The molecule has 1 aliphatic heterocycles. The molecule has 1 aromatic heterocycles. The third-order valence-corrected chi connectivity index (χ3v) is 4.74. The van der Waals surface area contributed by atoms with Crippen molar-refractivity contribution in [1.29, 1.82) is 0 Å². The molecule has 1 saturated heterocycles. The molecule has 0 aliphatic carbocycles. The van der Waals surface area contributed by atoms with Crippen LogP contribution in [0.4, 0.5) is 0 Å². The Hall–Kier alpha value is -0.990. The highest BCUT2D eigenvalue weighted by Gasteiger charge is 2.30. The van der Waals surface area contributed by atoms with E-state index in [0.717, 1.165) is 0 Å². The third kappa shape index (κ3) is 3.52. The molecule has 0 N–H and O–H groups in total. The maximum absolute atomic E-state index is 11.4. The van der Waals surface area contributed by atoms with Gasteiger partial charge >= 0.3 is 0 Å². The van der Waals surface area contributed by atoms with Crippen molar-refractivity contribution in [2.45, 2.75) is 32.6 Å². The highest BCUT2D eigenvalue weighted by atomic mass is 32.2. The molecular weight excluding hydrogens is 270 g/mol. The Morgan fingerprint density at radius 2 is 2.11 bits per heavy atom. The SMILES string of the molecule is CCOC(OCC)c1cn(C2CCS(=O)(=O)C2)nn1. The van der Waals surface area contributed by atoms with Crippen LogP contribution in [0.5, 0.6) is 0 Å². The van der Waals surface area contributed by atoms with Crippen molar-refractivity contribution in [3.8, 4) is 0 Å². The van der Waals surface area contributed by atoms with E-state index in [-0.39, 0.29) is 17.5 Å². The van der Waals surface area contributed by atoms with Crippen LogP contribution in [0.3, 0.4) is 0 Å².